The number of benzene rings is 2. The van der Waals surface area contributed by atoms with Gasteiger partial charge in [-0.05, 0) is 29.8 Å². The molecule has 1 heterocycles. The number of alkyl halides is 3. The lowest BCUT2D eigenvalue weighted by Crippen LogP contribution is -2.37. The quantitative estimate of drug-likeness (QED) is 0.812. The first-order valence-electron chi connectivity index (χ1n) is 7.39. The molecule has 3 rings (SSSR count). The van der Waals surface area contributed by atoms with Gasteiger partial charge < -0.3 is 15.8 Å². The predicted molar refractivity (Wildman–Crippen MR) is 83.5 cm³/mol. The average molecular weight is 351 g/mol. The SMILES string of the molecule is N#Cc1ccc(C(F)(F)F)c(-c2cc(F)cc3c2OC(CN)CN3)c1. The van der Waals surface area contributed by atoms with Crippen LogP contribution in [-0.2, 0) is 6.18 Å². The minimum absolute atomic E-state index is 0.0279. The van der Waals surface area contributed by atoms with Gasteiger partial charge in [-0.1, -0.05) is 0 Å². The Balaban J connectivity index is 2.27. The minimum Gasteiger partial charge on any atom is -0.484 e. The van der Waals surface area contributed by atoms with Crippen LogP contribution in [0.5, 0.6) is 5.75 Å². The summed E-state index contributed by atoms with van der Waals surface area (Å²) in [5.41, 5.74) is 4.46. The topological polar surface area (TPSA) is 71.1 Å². The number of fused-ring (bicyclic) bond motifs is 1. The van der Waals surface area contributed by atoms with Gasteiger partial charge in [0.15, 0.2) is 5.75 Å². The summed E-state index contributed by atoms with van der Waals surface area (Å²) >= 11 is 0. The maximum atomic E-state index is 14.0. The smallest absolute Gasteiger partial charge is 0.417 e. The summed E-state index contributed by atoms with van der Waals surface area (Å²) in [6.07, 6.45) is -5.12. The summed E-state index contributed by atoms with van der Waals surface area (Å²) in [4.78, 5) is 0. The molecule has 2 aromatic carbocycles. The standard InChI is InChI=1S/C17H13F4N3O/c18-10-4-13(16-15(5-10)24-8-11(7-23)25-16)12-3-9(6-22)1-2-14(12)17(19,20)21/h1-5,11,24H,7-8,23H2. The lowest BCUT2D eigenvalue weighted by molar-refractivity contribution is -0.137. The van der Waals surface area contributed by atoms with Crippen LogP contribution in [0, 0.1) is 17.1 Å². The molecule has 0 saturated carbocycles. The van der Waals surface area contributed by atoms with Crippen molar-refractivity contribution < 1.29 is 22.3 Å². The Labute approximate surface area is 140 Å². The molecule has 0 saturated heterocycles. The number of nitrogens with zero attached hydrogens (tertiary/aromatic N) is 1. The first kappa shape index (κ1) is 17.0. The van der Waals surface area contributed by atoms with Gasteiger partial charge in [-0.25, -0.2) is 4.39 Å². The van der Waals surface area contributed by atoms with Gasteiger partial charge in [-0.15, -0.1) is 0 Å². The van der Waals surface area contributed by atoms with E-state index in [1.54, 1.807) is 6.07 Å². The Kier molecular flexibility index (Phi) is 4.27. The van der Waals surface area contributed by atoms with Crippen LogP contribution < -0.4 is 15.8 Å². The van der Waals surface area contributed by atoms with Crippen LogP contribution in [0.2, 0.25) is 0 Å². The summed E-state index contributed by atoms with van der Waals surface area (Å²) in [6.45, 7) is 0.463. The van der Waals surface area contributed by atoms with Crippen LogP contribution in [0.3, 0.4) is 0 Å². The zero-order chi connectivity index (χ0) is 18.2. The second kappa shape index (κ2) is 6.26. The fraction of sp³-hybridized carbons (Fsp3) is 0.235. The number of nitrogens with two attached hydrogens (primary N) is 1. The Morgan fingerprint density at radius 1 is 1.24 bits per heavy atom. The maximum absolute atomic E-state index is 14.0. The highest BCUT2D eigenvalue weighted by Crippen LogP contribution is 2.45. The van der Waals surface area contributed by atoms with Crippen molar-refractivity contribution in [3.63, 3.8) is 0 Å². The number of hydrogen-bond acceptors (Lipinski definition) is 4. The Morgan fingerprint density at radius 3 is 2.64 bits per heavy atom. The zero-order valence-electron chi connectivity index (χ0n) is 12.8. The number of nitrogens with one attached hydrogen (secondary N) is 1. The highest BCUT2D eigenvalue weighted by molar-refractivity contribution is 5.82. The third kappa shape index (κ3) is 3.23. The van der Waals surface area contributed by atoms with E-state index < -0.39 is 23.7 Å². The van der Waals surface area contributed by atoms with Gasteiger partial charge in [0, 0.05) is 18.2 Å². The molecule has 1 aliphatic rings. The molecule has 0 aromatic heterocycles. The summed E-state index contributed by atoms with van der Waals surface area (Å²) in [6, 6.07) is 6.86. The van der Waals surface area contributed by atoms with E-state index in [1.807, 2.05) is 0 Å². The molecule has 0 radical (unpaired) electrons. The number of hydrogen-bond donors (Lipinski definition) is 2. The van der Waals surface area contributed by atoms with Crippen molar-refractivity contribution in [1.82, 2.24) is 0 Å². The van der Waals surface area contributed by atoms with E-state index >= 15 is 0 Å². The number of anilines is 1. The third-order valence-electron chi connectivity index (χ3n) is 3.87. The number of halogens is 4. The number of nitriles is 1. The molecular formula is C17H13F4N3O. The molecule has 0 spiro atoms. The molecule has 3 N–H and O–H groups in total. The van der Waals surface area contributed by atoms with Crippen LogP contribution in [0.25, 0.3) is 11.1 Å². The van der Waals surface area contributed by atoms with Crippen LogP contribution in [0.15, 0.2) is 30.3 Å². The lowest BCUT2D eigenvalue weighted by Gasteiger charge is -2.29. The van der Waals surface area contributed by atoms with Crippen molar-refractivity contribution in [3.8, 4) is 22.9 Å². The van der Waals surface area contributed by atoms with E-state index in [-0.39, 0.29) is 34.7 Å². The second-order valence-electron chi connectivity index (χ2n) is 5.56. The van der Waals surface area contributed by atoms with E-state index in [4.69, 9.17) is 15.7 Å². The van der Waals surface area contributed by atoms with Crippen LogP contribution >= 0.6 is 0 Å². The molecule has 0 aliphatic carbocycles. The van der Waals surface area contributed by atoms with Crippen molar-refractivity contribution in [3.05, 3.63) is 47.3 Å². The number of rotatable bonds is 2. The molecule has 25 heavy (non-hydrogen) atoms. The normalized spacial score (nSPS) is 16.4. The highest BCUT2D eigenvalue weighted by atomic mass is 19.4. The Bertz CT molecular complexity index is 858. The largest absolute Gasteiger partial charge is 0.484 e. The lowest BCUT2D eigenvalue weighted by atomic mass is 9.95. The molecule has 0 bridgehead atoms. The monoisotopic (exact) mass is 351 g/mol. The molecule has 2 aromatic rings. The highest BCUT2D eigenvalue weighted by Gasteiger charge is 2.35. The van der Waals surface area contributed by atoms with Gasteiger partial charge in [-0.3, -0.25) is 0 Å². The molecule has 1 unspecified atom stereocenters. The maximum Gasteiger partial charge on any atom is 0.417 e. The first-order chi connectivity index (χ1) is 11.8. The molecular weight excluding hydrogens is 338 g/mol. The van der Waals surface area contributed by atoms with Gasteiger partial charge in [-0.2, -0.15) is 18.4 Å². The third-order valence-corrected chi connectivity index (χ3v) is 3.87. The predicted octanol–water partition coefficient (Wildman–Crippen LogP) is 3.51. The van der Waals surface area contributed by atoms with Crippen molar-refractivity contribution in [2.24, 2.45) is 5.73 Å². The Hall–Kier alpha value is -2.79. The molecule has 4 nitrogen and oxygen atoms in total. The van der Waals surface area contributed by atoms with Gasteiger partial charge in [0.25, 0.3) is 0 Å². The molecule has 1 aliphatic heterocycles. The van der Waals surface area contributed by atoms with Gasteiger partial charge >= 0.3 is 6.18 Å². The fourth-order valence-corrected chi connectivity index (χ4v) is 2.70. The van der Waals surface area contributed by atoms with E-state index in [9.17, 15) is 17.6 Å². The zero-order valence-corrected chi connectivity index (χ0v) is 12.8. The minimum atomic E-state index is -4.67. The second-order valence-corrected chi connectivity index (χ2v) is 5.56. The van der Waals surface area contributed by atoms with Gasteiger partial charge in [0.05, 0.1) is 29.4 Å². The summed E-state index contributed by atoms with van der Waals surface area (Å²) in [7, 11) is 0. The molecule has 1 atom stereocenters. The van der Waals surface area contributed by atoms with E-state index in [2.05, 4.69) is 5.32 Å². The van der Waals surface area contributed by atoms with Crippen LogP contribution in [-0.4, -0.2) is 19.2 Å². The van der Waals surface area contributed by atoms with Crippen molar-refractivity contribution >= 4 is 5.69 Å². The summed E-state index contributed by atoms with van der Waals surface area (Å²) < 4.78 is 59.8. The molecule has 0 fully saturated rings. The molecule has 130 valence electrons. The van der Waals surface area contributed by atoms with Gasteiger partial charge in [0.1, 0.15) is 11.9 Å². The van der Waals surface area contributed by atoms with Crippen molar-refractivity contribution in [2.45, 2.75) is 12.3 Å². The number of ether oxygens (including phenoxy) is 1. The molecule has 8 heteroatoms. The van der Waals surface area contributed by atoms with E-state index in [1.165, 1.54) is 0 Å². The van der Waals surface area contributed by atoms with Crippen LogP contribution in [0.1, 0.15) is 11.1 Å². The van der Waals surface area contributed by atoms with Crippen molar-refractivity contribution in [2.75, 3.05) is 18.4 Å². The van der Waals surface area contributed by atoms with Crippen molar-refractivity contribution in [1.29, 1.82) is 5.26 Å². The van der Waals surface area contributed by atoms with E-state index in [0.29, 0.717) is 6.54 Å². The average Bonchev–Trinajstić information content (AvgIpc) is 2.59. The summed E-state index contributed by atoms with van der Waals surface area (Å²) in [5.74, 6) is -0.629. The van der Waals surface area contributed by atoms with E-state index in [0.717, 1.165) is 30.3 Å². The first-order valence-corrected chi connectivity index (χ1v) is 7.39. The summed E-state index contributed by atoms with van der Waals surface area (Å²) in [5, 5.41) is 11.9. The van der Waals surface area contributed by atoms with Gasteiger partial charge in [0.2, 0.25) is 0 Å². The Morgan fingerprint density at radius 2 is 2.00 bits per heavy atom. The fourth-order valence-electron chi connectivity index (χ4n) is 2.70. The van der Waals surface area contributed by atoms with Crippen LogP contribution in [0.4, 0.5) is 23.2 Å². The molecule has 0 amide bonds.